The van der Waals surface area contributed by atoms with E-state index < -0.39 is 18.1 Å². The molecule has 0 saturated carbocycles. The highest BCUT2D eigenvalue weighted by molar-refractivity contribution is 5.67. The van der Waals surface area contributed by atoms with Gasteiger partial charge in [-0.1, -0.05) is 20.8 Å². The summed E-state index contributed by atoms with van der Waals surface area (Å²) in [5.41, 5.74) is -0.285. The summed E-state index contributed by atoms with van der Waals surface area (Å²) >= 11 is 0. The van der Waals surface area contributed by atoms with Crippen LogP contribution in [-0.4, -0.2) is 17.2 Å². The lowest BCUT2D eigenvalue weighted by Crippen LogP contribution is -2.30. The number of alkyl halides is 1. The molecule has 0 fully saturated rings. The molecule has 1 N–H and O–H groups in total. The number of halogens is 1. The van der Waals surface area contributed by atoms with Crippen molar-refractivity contribution >= 4 is 5.97 Å². The van der Waals surface area contributed by atoms with E-state index in [0.29, 0.717) is 0 Å². The third kappa shape index (κ3) is 3.69. The molecule has 0 aromatic carbocycles. The molecule has 2 unspecified atom stereocenters. The normalized spacial score (nSPS) is 17.1. The van der Waals surface area contributed by atoms with Crippen molar-refractivity contribution in [3.05, 3.63) is 0 Å². The molecule has 0 aromatic rings. The Bertz CT molecular complexity index is 158. The SMILES string of the molecule is CC(F)C(CC(=O)O)C(C)(C)C. The Morgan fingerprint density at radius 3 is 2.00 bits per heavy atom. The standard InChI is InChI=1S/C9H17FO2/c1-6(10)7(5-8(11)12)9(2,3)4/h6-7H,5H2,1-4H3,(H,11,12). The number of carboxylic acid groups (broad SMARTS) is 1. The number of carbonyl (C=O) groups is 1. The average molecular weight is 176 g/mol. The van der Waals surface area contributed by atoms with E-state index in [1.54, 1.807) is 0 Å². The van der Waals surface area contributed by atoms with E-state index in [1.165, 1.54) is 6.92 Å². The van der Waals surface area contributed by atoms with Crippen LogP contribution in [0.1, 0.15) is 34.1 Å². The van der Waals surface area contributed by atoms with Gasteiger partial charge in [-0.25, -0.2) is 4.39 Å². The van der Waals surface area contributed by atoms with Crippen LogP contribution >= 0.6 is 0 Å². The van der Waals surface area contributed by atoms with Gasteiger partial charge in [0.05, 0.1) is 6.42 Å². The summed E-state index contributed by atoms with van der Waals surface area (Å²) in [4.78, 5) is 10.4. The van der Waals surface area contributed by atoms with Gasteiger partial charge < -0.3 is 5.11 Å². The zero-order chi connectivity index (χ0) is 9.94. The lowest BCUT2D eigenvalue weighted by atomic mass is 9.76. The Hall–Kier alpha value is -0.600. The van der Waals surface area contributed by atoms with E-state index in [0.717, 1.165) is 0 Å². The predicted molar refractivity (Wildman–Crippen MR) is 45.8 cm³/mol. The Balaban J connectivity index is 4.35. The highest BCUT2D eigenvalue weighted by Gasteiger charge is 2.31. The van der Waals surface area contributed by atoms with Gasteiger partial charge in [0, 0.05) is 5.92 Å². The minimum atomic E-state index is -1.07. The maximum Gasteiger partial charge on any atom is 0.303 e. The van der Waals surface area contributed by atoms with Crippen molar-refractivity contribution in [3.63, 3.8) is 0 Å². The first-order valence-electron chi connectivity index (χ1n) is 4.11. The second-order valence-corrected chi connectivity index (χ2v) is 4.25. The van der Waals surface area contributed by atoms with E-state index in [2.05, 4.69) is 0 Å². The Kier molecular flexibility index (Phi) is 3.68. The number of hydrogen-bond donors (Lipinski definition) is 1. The molecule has 0 bridgehead atoms. The molecule has 72 valence electrons. The summed E-state index contributed by atoms with van der Waals surface area (Å²) in [5, 5.41) is 8.53. The molecule has 0 radical (unpaired) electrons. The molecule has 0 aromatic heterocycles. The summed E-state index contributed by atoms with van der Waals surface area (Å²) < 4.78 is 13.0. The van der Waals surface area contributed by atoms with Crippen molar-refractivity contribution in [2.24, 2.45) is 11.3 Å². The Morgan fingerprint density at radius 1 is 1.50 bits per heavy atom. The second-order valence-electron chi connectivity index (χ2n) is 4.25. The molecule has 0 aliphatic heterocycles. The molecule has 2 atom stereocenters. The van der Waals surface area contributed by atoms with Crippen molar-refractivity contribution in [1.82, 2.24) is 0 Å². The first kappa shape index (κ1) is 11.4. The monoisotopic (exact) mass is 176 g/mol. The van der Waals surface area contributed by atoms with E-state index in [1.807, 2.05) is 20.8 Å². The zero-order valence-corrected chi connectivity index (χ0v) is 8.10. The largest absolute Gasteiger partial charge is 0.481 e. The molecular weight excluding hydrogens is 159 g/mol. The number of carboxylic acids is 1. The topological polar surface area (TPSA) is 37.3 Å². The maximum atomic E-state index is 13.0. The van der Waals surface area contributed by atoms with Gasteiger partial charge in [-0.05, 0) is 12.3 Å². The Morgan fingerprint density at radius 2 is 1.92 bits per heavy atom. The van der Waals surface area contributed by atoms with E-state index in [9.17, 15) is 9.18 Å². The van der Waals surface area contributed by atoms with E-state index >= 15 is 0 Å². The zero-order valence-electron chi connectivity index (χ0n) is 8.10. The van der Waals surface area contributed by atoms with Crippen LogP contribution in [0.25, 0.3) is 0 Å². The van der Waals surface area contributed by atoms with Crippen LogP contribution in [0.5, 0.6) is 0 Å². The van der Waals surface area contributed by atoms with Crippen LogP contribution in [0, 0.1) is 11.3 Å². The summed E-state index contributed by atoms with van der Waals surface area (Å²) in [6, 6.07) is 0. The molecule has 3 heteroatoms. The van der Waals surface area contributed by atoms with Gasteiger partial charge in [-0.2, -0.15) is 0 Å². The highest BCUT2D eigenvalue weighted by atomic mass is 19.1. The molecule has 0 aliphatic rings. The average Bonchev–Trinajstić information content (AvgIpc) is 1.79. The van der Waals surface area contributed by atoms with Crippen LogP contribution in [0.4, 0.5) is 4.39 Å². The van der Waals surface area contributed by atoms with Gasteiger partial charge in [0.1, 0.15) is 6.17 Å². The Labute approximate surface area is 72.8 Å². The fourth-order valence-corrected chi connectivity index (χ4v) is 1.35. The molecule has 0 saturated heterocycles. The molecular formula is C9H17FO2. The summed E-state index contributed by atoms with van der Waals surface area (Å²) in [7, 11) is 0. The minimum absolute atomic E-state index is 0.0961. The summed E-state index contributed by atoms with van der Waals surface area (Å²) in [5.74, 6) is -1.34. The molecule has 0 aliphatic carbocycles. The minimum Gasteiger partial charge on any atom is -0.481 e. The third-order valence-corrected chi connectivity index (χ3v) is 2.06. The van der Waals surface area contributed by atoms with Crippen molar-refractivity contribution in [3.8, 4) is 0 Å². The number of hydrogen-bond acceptors (Lipinski definition) is 1. The van der Waals surface area contributed by atoms with Crippen LogP contribution in [0.2, 0.25) is 0 Å². The highest BCUT2D eigenvalue weighted by Crippen LogP contribution is 2.32. The first-order chi connectivity index (χ1) is 5.25. The van der Waals surface area contributed by atoms with Crippen LogP contribution in [0.15, 0.2) is 0 Å². The van der Waals surface area contributed by atoms with Gasteiger partial charge in [0.25, 0.3) is 0 Å². The summed E-state index contributed by atoms with van der Waals surface area (Å²) in [6.07, 6.45) is -1.16. The molecule has 0 spiro atoms. The lowest BCUT2D eigenvalue weighted by Gasteiger charge is -2.30. The summed E-state index contributed by atoms with van der Waals surface area (Å²) in [6.45, 7) is 6.99. The van der Waals surface area contributed by atoms with Gasteiger partial charge in [-0.15, -0.1) is 0 Å². The van der Waals surface area contributed by atoms with Gasteiger partial charge in [0.2, 0.25) is 0 Å². The smallest absolute Gasteiger partial charge is 0.303 e. The fourth-order valence-electron chi connectivity index (χ4n) is 1.35. The maximum absolute atomic E-state index is 13.0. The second kappa shape index (κ2) is 3.87. The van der Waals surface area contributed by atoms with Crippen LogP contribution < -0.4 is 0 Å². The molecule has 0 heterocycles. The number of aliphatic carboxylic acids is 1. The lowest BCUT2D eigenvalue weighted by molar-refractivity contribution is -0.139. The van der Waals surface area contributed by atoms with Crippen molar-refractivity contribution in [1.29, 1.82) is 0 Å². The number of rotatable bonds is 3. The fraction of sp³-hybridized carbons (Fsp3) is 0.889. The molecule has 0 rings (SSSR count). The predicted octanol–water partition coefficient (Wildman–Crippen LogP) is 2.48. The quantitative estimate of drug-likeness (QED) is 0.717. The van der Waals surface area contributed by atoms with E-state index in [-0.39, 0.29) is 11.8 Å². The van der Waals surface area contributed by atoms with Crippen LogP contribution in [-0.2, 0) is 4.79 Å². The van der Waals surface area contributed by atoms with Crippen molar-refractivity contribution in [2.45, 2.75) is 40.3 Å². The van der Waals surface area contributed by atoms with Gasteiger partial charge in [-0.3, -0.25) is 4.79 Å². The van der Waals surface area contributed by atoms with Crippen molar-refractivity contribution in [2.75, 3.05) is 0 Å². The molecule has 12 heavy (non-hydrogen) atoms. The van der Waals surface area contributed by atoms with Gasteiger partial charge in [0.15, 0.2) is 0 Å². The van der Waals surface area contributed by atoms with Crippen LogP contribution in [0.3, 0.4) is 0 Å². The third-order valence-electron chi connectivity index (χ3n) is 2.06. The van der Waals surface area contributed by atoms with E-state index in [4.69, 9.17) is 5.11 Å². The molecule has 2 nitrogen and oxygen atoms in total. The molecule has 0 amide bonds. The van der Waals surface area contributed by atoms with Crippen molar-refractivity contribution < 1.29 is 14.3 Å². The van der Waals surface area contributed by atoms with Gasteiger partial charge >= 0.3 is 5.97 Å². The first-order valence-corrected chi connectivity index (χ1v) is 4.11.